The van der Waals surface area contributed by atoms with Gasteiger partial charge >= 0.3 is 5.97 Å². The molecule has 4 heteroatoms. The van der Waals surface area contributed by atoms with Gasteiger partial charge in [-0.25, -0.2) is 0 Å². The summed E-state index contributed by atoms with van der Waals surface area (Å²) < 4.78 is 5.27. The third kappa shape index (κ3) is 1.84. The molecule has 1 aliphatic heterocycles. The number of carbonyl (C=O) groups is 1. The predicted octanol–water partition coefficient (Wildman–Crippen LogP) is 1.21. The number of hydrogen-bond donors (Lipinski definition) is 1. The Morgan fingerprint density at radius 2 is 2.31 bits per heavy atom. The lowest BCUT2D eigenvalue weighted by Crippen LogP contribution is -2.41. The van der Waals surface area contributed by atoms with Gasteiger partial charge in [0.25, 0.3) is 0 Å². The molecule has 0 aromatic heterocycles. The molecule has 0 aromatic rings. The van der Waals surface area contributed by atoms with E-state index in [1.54, 1.807) is 14.0 Å². The second-order valence-corrected chi connectivity index (χ2v) is 5.31. The van der Waals surface area contributed by atoms with Gasteiger partial charge < -0.3 is 9.84 Å². The highest BCUT2D eigenvalue weighted by atomic mass is 16.5. The Balaban J connectivity index is 2.03. The maximum atomic E-state index is 11.0. The number of ether oxygens (including phenoxy) is 1. The van der Waals surface area contributed by atoms with E-state index in [9.17, 15) is 4.79 Å². The first-order valence-electron chi connectivity index (χ1n) is 6.05. The molecule has 4 nitrogen and oxygen atoms in total. The summed E-state index contributed by atoms with van der Waals surface area (Å²) in [6.07, 6.45) is 3.77. The van der Waals surface area contributed by atoms with Crippen molar-refractivity contribution in [1.82, 2.24) is 4.90 Å². The number of carboxylic acid groups (broad SMARTS) is 1. The van der Waals surface area contributed by atoms with Crippen molar-refractivity contribution in [1.29, 1.82) is 0 Å². The molecule has 1 saturated heterocycles. The molecular formula is C12H21NO3. The Bertz CT molecular complexity index is 275. The first-order chi connectivity index (χ1) is 7.59. The lowest BCUT2D eigenvalue weighted by Gasteiger charge is -2.43. The first kappa shape index (κ1) is 11.9. The van der Waals surface area contributed by atoms with Crippen LogP contribution in [0.5, 0.6) is 0 Å². The van der Waals surface area contributed by atoms with Crippen molar-refractivity contribution in [3.63, 3.8) is 0 Å². The van der Waals surface area contributed by atoms with E-state index in [4.69, 9.17) is 9.84 Å². The van der Waals surface area contributed by atoms with Crippen LogP contribution in [0, 0.1) is 11.3 Å². The van der Waals surface area contributed by atoms with Crippen LogP contribution < -0.4 is 0 Å². The first-order valence-corrected chi connectivity index (χ1v) is 6.05. The van der Waals surface area contributed by atoms with Crippen LogP contribution in [0.25, 0.3) is 0 Å². The molecule has 0 amide bonds. The fourth-order valence-corrected chi connectivity index (χ4v) is 3.15. The molecule has 1 saturated carbocycles. The smallest absolute Gasteiger partial charge is 0.320 e. The number of carboxylic acids is 1. The number of hydrogen-bond acceptors (Lipinski definition) is 3. The average molecular weight is 227 g/mol. The molecule has 1 heterocycles. The Morgan fingerprint density at radius 3 is 2.75 bits per heavy atom. The van der Waals surface area contributed by atoms with Gasteiger partial charge in [-0.1, -0.05) is 6.42 Å². The van der Waals surface area contributed by atoms with E-state index >= 15 is 0 Å². The number of likely N-dealkylation sites (tertiary alicyclic amines) is 1. The monoisotopic (exact) mass is 227 g/mol. The molecule has 0 unspecified atom stereocenters. The molecule has 2 rings (SSSR count). The van der Waals surface area contributed by atoms with Gasteiger partial charge in [-0.15, -0.1) is 0 Å². The van der Waals surface area contributed by atoms with Crippen LogP contribution in [0.1, 0.15) is 26.2 Å². The fourth-order valence-electron chi connectivity index (χ4n) is 3.15. The van der Waals surface area contributed by atoms with Crippen LogP contribution in [0.2, 0.25) is 0 Å². The summed E-state index contributed by atoms with van der Waals surface area (Å²) in [7, 11) is 1.73. The van der Waals surface area contributed by atoms with E-state index in [1.165, 1.54) is 19.3 Å². The van der Waals surface area contributed by atoms with Crippen molar-refractivity contribution in [3.8, 4) is 0 Å². The molecule has 1 aliphatic carbocycles. The summed E-state index contributed by atoms with van der Waals surface area (Å²) >= 11 is 0. The largest absolute Gasteiger partial charge is 0.480 e. The summed E-state index contributed by atoms with van der Waals surface area (Å²) in [6, 6.07) is -0.362. The quantitative estimate of drug-likeness (QED) is 0.784. The second kappa shape index (κ2) is 4.34. The number of rotatable bonds is 4. The summed E-state index contributed by atoms with van der Waals surface area (Å²) in [4.78, 5) is 13.1. The van der Waals surface area contributed by atoms with Crippen LogP contribution in [0.3, 0.4) is 0 Å². The van der Waals surface area contributed by atoms with E-state index < -0.39 is 5.97 Å². The van der Waals surface area contributed by atoms with Gasteiger partial charge in [0, 0.05) is 26.1 Å². The predicted molar refractivity (Wildman–Crippen MR) is 60.3 cm³/mol. The van der Waals surface area contributed by atoms with E-state index in [0.29, 0.717) is 11.3 Å². The van der Waals surface area contributed by atoms with Crippen molar-refractivity contribution >= 4 is 5.97 Å². The van der Waals surface area contributed by atoms with E-state index in [1.807, 2.05) is 0 Å². The lowest BCUT2D eigenvalue weighted by molar-refractivity contribution is -0.142. The molecule has 1 spiro atoms. The normalized spacial score (nSPS) is 30.2. The van der Waals surface area contributed by atoms with Gasteiger partial charge in [-0.3, -0.25) is 9.69 Å². The zero-order valence-corrected chi connectivity index (χ0v) is 10.1. The van der Waals surface area contributed by atoms with Gasteiger partial charge in [0.05, 0.1) is 6.61 Å². The third-order valence-corrected chi connectivity index (χ3v) is 4.46. The summed E-state index contributed by atoms with van der Waals surface area (Å²) in [5, 5.41) is 9.05. The third-order valence-electron chi connectivity index (χ3n) is 4.46. The molecule has 0 aromatic carbocycles. The SMILES string of the molecule is COC[C@@H]1CN([C@H](C)C(=O)O)CC12CCC2. The van der Waals surface area contributed by atoms with Crippen molar-refractivity contribution in [2.75, 3.05) is 26.8 Å². The molecular weight excluding hydrogens is 206 g/mol. The summed E-state index contributed by atoms with van der Waals surface area (Å²) in [6.45, 7) is 4.36. The molecule has 16 heavy (non-hydrogen) atoms. The van der Waals surface area contributed by atoms with Crippen molar-refractivity contribution < 1.29 is 14.6 Å². The minimum Gasteiger partial charge on any atom is -0.480 e. The molecule has 1 N–H and O–H groups in total. The van der Waals surface area contributed by atoms with Gasteiger partial charge in [0.15, 0.2) is 0 Å². The maximum Gasteiger partial charge on any atom is 0.320 e. The van der Waals surface area contributed by atoms with Crippen molar-refractivity contribution in [2.45, 2.75) is 32.2 Å². The van der Waals surface area contributed by atoms with Crippen LogP contribution in [-0.4, -0.2) is 48.8 Å². The van der Waals surface area contributed by atoms with Crippen LogP contribution >= 0.6 is 0 Å². The Kier molecular flexibility index (Phi) is 3.22. The Hall–Kier alpha value is -0.610. The van der Waals surface area contributed by atoms with Crippen LogP contribution in [0.15, 0.2) is 0 Å². The average Bonchev–Trinajstić information content (AvgIpc) is 2.56. The van der Waals surface area contributed by atoms with Gasteiger partial charge in [-0.05, 0) is 25.2 Å². The van der Waals surface area contributed by atoms with Crippen molar-refractivity contribution in [3.05, 3.63) is 0 Å². The fraction of sp³-hybridized carbons (Fsp3) is 0.917. The zero-order valence-electron chi connectivity index (χ0n) is 10.1. The number of methoxy groups -OCH3 is 1. The molecule has 2 fully saturated rings. The standard InChI is InChI=1S/C12H21NO3/c1-9(11(14)15)13-6-10(7-16-2)12(8-13)4-3-5-12/h9-10H,3-8H2,1-2H3,(H,14,15)/t9-,10+/m1/s1. The second-order valence-electron chi connectivity index (χ2n) is 5.31. The number of nitrogens with zero attached hydrogens (tertiary/aromatic N) is 1. The van der Waals surface area contributed by atoms with E-state index in [0.717, 1.165) is 19.7 Å². The topological polar surface area (TPSA) is 49.8 Å². The molecule has 0 bridgehead atoms. The summed E-state index contributed by atoms with van der Waals surface area (Å²) in [5.41, 5.74) is 0.361. The number of aliphatic carboxylic acids is 1. The summed E-state index contributed by atoms with van der Waals surface area (Å²) in [5.74, 6) is -0.194. The minimum atomic E-state index is -0.715. The van der Waals surface area contributed by atoms with Gasteiger partial charge in [0.1, 0.15) is 6.04 Å². The minimum absolute atomic E-state index is 0.361. The molecule has 92 valence electrons. The molecule has 2 aliphatic rings. The highest BCUT2D eigenvalue weighted by Crippen LogP contribution is 2.52. The lowest BCUT2D eigenvalue weighted by atomic mass is 9.63. The highest BCUT2D eigenvalue weighted by molar-refractivity contribution is 5.72. The van der Waals surface area contributed by atoms with Gasteiger partial charge in [-0.2, -0.15) is 0 Å². The van der Waals surface area contributed by atoms with Gasteiger partial charge in [0.2, 0.25) is 0 Å². The zero-order chi connectivity index (χ0) is 11.8. The van der Waals surface area contributed by atoms with E-state index in [2.05, 4.69) is 4.90 Å². The van der Waals surface area contributed by atoms with Crippen molar-refractivity contribution in [2.24, 2.45) is 11.3 Å². The highest BCUT2D eigenvalue weighted by Gasteiger charge is 2.51. The van der Waals surface area contributed by atoms with Crippen LogP contribution in [0.4, 0.5) is 0 Å². The van der Waals surface area contributed by atoms with E-state index in [-0.39, 0.29) is 6.04 Å². The molecule has 0 radical (unpaired) electrons. The van der Waals surface area contributed by atoms with Crippen LogP contribution in [-0.2, 0) is 9.53 Å². The Labute approximate surface area is 96.6 Å². The maximum absolute atomic E-state index is 11.0. The Morgan fingerprint density at radius 1 is 1.62 bits per heavy atom. The molecule has 2 atom stereocenters.